The summed E-state index contributed by atoms with van der Waals surface area (Å²) in [5.41, 5.74) is 5.75. The zero-order valence-electron chi connectivity index (χ0n) is 21.0. The third kappa shape index (κ3) is 4.54. The first kappa shape index (κ1) is 23.9. The molecular formula is C28H24FN7OS. The van der Waals surface area contributed by atoms with E-state index < -0.39 is 5.82 Å². The number of fused-ring (bicyclic) bond motifs is 2. The van der Waals surface area contributed by atoms with E-state index in [9.17, 15) is 4.79 Å². The molecule has 3 N–H and O–H groups in total. The van der Waals surface area contributed by atoms with Gasteiger partial charge in [0.25, 0.3) is 0 Å². The van der Waals surface area contributed by atoms with Gasteiger partial charge in [0.05, 0.1) is 17.4 Å². The number of nitrogens with zero attached hydrogens (tertiary/aromatic N) is 4. The molecule has 38 heavy (non-hydrogen) atoms. The number of aromatic nitrogens is 6. The number of benzene rings is 1. The lowest BCUT2D eigenvalue weighted by Gasteiger charge is -2.17. The zero-order valence-corrected chi connectivity index (χ0v) is 21.8. The maximum absolute atomic E-state index is 15.2. The molecule has 0 bridgehead atoms. The number of amides is 1. The summed E-state index contributed by atoms with van der Waals surface area (Å²) in [4.78, 5) is 29.2. The van der Waals surface area contributed by atoms with Gasteiger partial charge in [-0.05, 0) is 46.0 Å². The van der Waals surface area contributed by atoms with Crippen molar-refractivity contribution >= 4 is 45.0 Å². The average Bonchev–Trinajstić information content (AvgIpc) is 3.61. The van der Waals surface area contributed by atoms with Gasteiger partial charge < -0.3 is 10.3 Å². The highest BCUT2D eigenvalue weighted by Crippen LogP contribution is 2.34. The van der Waals surface area contributed by atoms with Crippen LogP contribution in [0.2, 0.25) is 0 Å². The van der Waals surface area contributed by atoms with Crippen molar-refractivity contribution in [2.45, 2.75) is 27.2 Å². The number of hydrogen-bond acceptors (Lipinski definition) is 6. The molecule has 0 spiro atoms. The molecule has 1 aromatic carbocycles. The monoisotopic (exact) mass is 525 g/mol. The molecule has 6 rings (SSSR count). The van der Waals surface area contributed by atoms with Crippen molar-refractivity contribution in [1.82, 2.24) is 30.1 Å². The van der Waals surface area contributed by atoms with Crippen LogP contribution in [0.15, 0.2) is 59.7 Å². The summed E-state index contributed by atoms with van der Waals surface area (Å²) in [5.74, 6) is -0.0243. The van der Waals surface area contributed by atoms with Crippen molar-refractivity contribution < 1.29 is 9.18 Å². The Morgan fingerprint density at radius 1 is 1.11 bits per heavy atom. The number of imidazole rings is 1. The number of aromatic amines is 2. The van der Waals surface area contributed by atoms with Gasteiger partial charge in [-0.2, -0.15) is 16.4 Å². The summed E-state index contributed by atoms with van der Waals surface area (Å²) in [6, 6.07) is 8.83. The van der Waals surface area contributed by atoms with Gasteiger partial charge in [-0.1, -0.05) is 20.8 Å². The van der Waals surface area contributed by atoms with Crippen LogP contribution in [0.25, 0.3) is 55.8 Å². The zero-order chi connectivity index (χ0) is 26.4. The lowest BCUT2D eigenvalue weighted by molar-refractivity contribution is -0.117. The number of pyridine rings is 2. The van der Waals surface area contributed by atoms with E-state index in [2.05, 4.69) is 35.8 Å². The molecule has 0 atom stereocenters. The topological polar surface area (TPSA) is 112 Å². The molecule has 190 valence electrons. The van der Waals surface area contributed by atoms with Gasteiger partial charge in [0.2, 0.25) is 5.91 Å². The summed E-state index contributed by atoms with van der Waals surface area (Å²) in [5, 5.41) is 15.0. The second-order valence-electron chi connectivity index (χ2n) is 10.4. The third-order valence-electron chi connectivity index (χ3n) is 6.12. The Labute approximate surface area is 221 Å². The second kappa shape index (κ2) is 9.14. The second-order valence-corrected chi connectivity index (χ2v) is 11.1. The van der Waals surface area contributed by atoms with Gasteiger partial charge in [0.15, 0.2) is 11.5 Å². The van der Waals surface area contributed by atoms with Crippen LogP contribution in [0.5, 0.6) is 0 Å². The van der Waals surface area contributed by atoms with Gasteiger partial charge in [0.1, 0.15) is 17.0 Å². The highest BCUT2D eigenvalue weighted by Gasteiger charge is 2.19. The lowest BCUT2D eigenvalue weighted by atomic mass is 9.92. The van der Waals surface area contributed by atoms with Gasteiger partial charge in [-0.3, -0.25) is 14.9 Å². The minimum atomic E-state index is -0.432. The maximum Gasteiger partial charge on any atom is 0.224 e. The molecule has 0 saturated heterocycles. The Morgan fingerprint density at radius 2 is 1.97 bits per heavy atom. The van der Waals surface area contributed by atoms with Crippen LogP contribution in [0, 0.1) is 11.2 Å². The highest BCUT2D eigenvalue weighted by molar-refractivity contribution is 7.08. The summed E-state index contributed by atoms with van der Waals surface area (Å²) in [6.07, 6.45) is 5.22. The smallest absolute Gasteiger partial charge is 0.224 e. The first-order chi connectivity index (χ1) is 18.2. The van der Waals surface area contributed by atoms with Crippen LogP contribution in [0.4, 0.5) is 10.1 Å². The maximum atomic E-state index is 15.2. The Balaban J connectivity index is 1.39. The predicted molar refractivity (Wildman–Crippen MR) is 148 cm³/mol. The molecule has 0 fully saturated rings. The molecule has 1 amide bonds. The molecule has 5 aromatic heterocycles. The first-order valence-electron chi connectivity index (χ1n) is 12.1. The summed E-state index contributed by atoms with van der Waals surface area (Å²) in [7, 11) is 0. The van der Waals surface area contributed by atoms with Crippen molar-refractivity contribution in [2.75, 3.05) is 5.32 Å². The minimum Gasteiger partial charge on any atom is -0.325 e. The number of halogens is 1. The van der Waals surface area contributed by atoms with E-state index >= 15 is 4.39 Å². The fraction of sp³-hybridized carbons (Fsp3) is 0.179. The van der Waals surface area contributed by atoms with Crippen molar-refractivity contribution in [1.29, 1.82) is 0 Å². The first-order valence-corrected chi connectivity index (χ1v) is 13.0. The van der Waals surface area contributed by atoms with Crippen LogP contribution in [0.1, 0.15) is 27.2 Å². The minimum absolute atomic E-state index is 0.121. The van der Waals surface area contributed by atoms with E-state index in [1.54, 1.807) is 42.1 Å². The van der Waals surface area contributed by atoms with Gasteiger partial charge in [0, 0.05) is 47.0 Å². The van der Waals surface area contributed by atoms with Crippen molar-refractivity contribution in [3.8, 4) is 33.8 Å². The fourth-order valence-electron chi connectivity index (χ4n) is 4.46. The van der Waals surface area contributed by atoms with E-state index in [-0.39, 0.29) is 11.3 Å². The number of carbonyl (C=O) groups is 1. The van der Waals surface area contributed by atoms with Crippen LogP contribution < -0.4 is 5.32 Å². The van der Waals surface area contributed by atoms with Gasteiger partial charge in [-0.25, -0.2) is 14.4 Å². The number of nitrogens with one attached hydrogen (secondary N) is 3. The number of rotatable bonds is 5. The molecule has 0 unspecified atom stereocenters. The van der Waals surface area contributed by atoms with E-state index in [0.29, 0.717) is 51.3 Å². The van der Waals surface area contributed by atoms with Crippen molar-refractivity contribution in [3.63, 3.8) is 0 Å². The number of thiophene rings is 1. The number of carbonyl (C=O) groups excluding carboxylic acids is 1. The number of hydrogen-bond donors (Lipinski definition) is 3. The molecule has 0 saturated carbocycles. The number of H-pyrrole nitrogens is 2. The fourth-order valence-corrected chi connectivity index (χ4v) is 5.11. The summed E-state index contributed by atoms with van der Waals surface area (Å²) < 4.78 is 15.2. The third-order valence-corrected chi connectivity index (χ3v) is 6.80. The SMILES string of the molecule is CC(C)(C)CC(=O)Nc1cncc(-c2cc3c(-c4nc5c(-c6ccsc6)ccnc5[nH]4)n[nH]c3cc2F)c1. The lowest BCUT2D eigenvalue weighted by Crippen LogP contribution is -2.19. The van der Waals surface area contributed by atoms with E-state index in [0.717, 1.165) is 16.6 Å². The van der Waals surface area contributed by atoms with E-state index in [4.69, 9.17) is 4.98 Å². The van der Waals surface area contributed by atoms with Crippen molar-refractivity contribution in [3.05, 3.63) is 65.5 Å². The molecule has 0 aliphatic heterocycles. The molecule has 0 radical (unpaired) electrons. The van der Waals surface area contributed by atoms with Crippen LogP contribution in [-0.4, -0.2) is 36.0 Å². The highest BCUT2D eigenvalue weighted by atomic mass is 32.1. The molecule has 6 aromatic rings. The Hall–Kier alpha value is -4.44. The van der Waals surface area contributed by atoms with Crippen LogP contribution in [0.3, 0.4) is 0 Å². The van der Waals surface area contributed by atoms with Gasteiger partial charge in [-0.15, -0.1) is 0 Å². The van der Waals surface area contributed by atoms with Crippen LogP contribution >= 0.6 is 11.3 Å². The average molecular weight is 526 g/mol. The normalized spacial score (nSPS) is 11.9. The van der Waals surface area contributed by atoms with Gasteiger partial charge >= 0.3 is 0 Å². The Kier molecular flexibility index (Phi) is 5.76. The molecule has 5 heterocycles. The molecule has 0 aliphatic rings. The van der Waals surface area contributed by atoms with E-state index in [1.807, 2.05) is 38.3 Å². The largest absolute Gasteiger partial charge is 0.325 e. The van der Waals surface area contributed by atoms with Crippen molar-refractivity contribution in [2.24, 2.45) is 5.41 Å². The molecule has 8 nitrogen and oxygen atoms in total. The Bertz CT molecular complexity index is 1800. The predicted octanol–water partition coefficient (Wildman–Crippen LogP) is 6.81. The quantitative estimate of drug-likeness (QED) is 0.229. The Morgan fingerprint density at radius 3 is 2.76 bits per heavy atom. The summed E-state index contributed by atoms with van der Waals surface area (Å²) in [6.45, 7) is 5.99. The van der Waals surface area contributed by atoms with Crippen LogP contribution in [-0.2, 0) is 4.79 Å². The van der Waals surface area contributed by atoms with E-state index in [1.165, 1.54) is 6.07 Å². The molecule has 10 heteroatoms. The molecular weight excluding hydrogens is 501 g/mol. The number of anilines is 1. The standard InChI is InChI=1S/C28H24FN7OS/c1-28(2,3)11-23(37)32-17-8-16(12-30-13-17)19-9-20-22(10-21(19)29)35-36-25(20)27-33-24-18(15-5-7-38-14-15)4-6-31-26(24)34-27/h4-10,12-14H,11H2,1-3H3,(H,32,37)(H,35,36)(H,31,33,34). The molecule has 0 aliphatic carbocycles. The summed E-state index contributed by atoms with van der Waals surface area (Å²) >= 11 is 1.62.